The molecule has 4 aromatic heterocycles. The number of ether oxygens (including phenoxy) is 1. The van der Waals surface area contributed by atoms with Gasteiger partial charge in [0.1, 0.15) is 17.0 Å². The number of carbonyl (C=O) groups is 1. The van der Waals surface area contributed by atoms with E-state index in [2.05, 4.69) is 42.5 Å². The number of pyridine rings is 2. The van der Waals surface area contributed by atoms with Gasteiger partial charge in [-0.2, -0.15) is 9.61 Å². The van der Waals surface area contributed by atoms with Crippen molar-refractivity contribution in [2.45, 2.75) is 58.2 Å². The van der Waals surface area contributed by atoms with Crippen LogP contribution in [0.1, 0.15) is 40.5 Å². The molecule has 38 heavy (non-hydrogen) atoms. The predicted molar refractivity (Wildman–Crippen MR) is 143 cm³/mol. The third-order valence-corrected chi connectivity index (χ3v) is 6.34. The van der Waals surface area contributed by atoms with E-state index in [1.807, 2.05) is 32.9 Å². The monoisotopic (exact) mass is 518 g/mol. The van der Waals surface area contributed by atoms with Crippen LogP contribution in [-0.4, -0.2) is 54.9 Å². The Hall–Kier alpha value is -4.28. The number of imidazole rings is 1. The summed E-state index contributed by atoms with van der Waals surface area (Å²) in [5, 5.41) is 10.9. The minimum absolute atomic E-state index is 0.0631. The number of carbonyl (C=O) groups excluding carboxylic acids is 1. The van der Waals surface area contributed by atoms with Crippen molar-refractivity contribution in [2.24, 2.45) is 0 Å². The topological polar surface area (TPSA) is 110 Å². The Bertz CT molecular complexity index is 1450. The maximum atomic E-state index is 14.3. The van der Waals surface area contributed by atoms with Gasteiger partial charge in [-0.25, -0.2) is 14.2 Å². The highest BCUT2D eigenvalue weighted by atomic mass is 19.1. The van der Waals surface area contributed by atoms with Gasteiger partial charge in [0.25, 0.3) is 0 Å². The van der Waals surface area contributed by atoms with Gasteiger partial charge < -0.3 is 20.3 Å². The summed E-state index contributed by atoms with van der Waals surface area (Å²) in [4.78, 5) is 27.6. The minimum Gasteiger partial charge on any atom is -0.444 e. The molecule has 5 heterocycles. The standard InChI is InChI=1S/C27H31FN8O2/c1-17-7-8-18(32-26(37)38-27(2,3)4)16-35(17)23-11-13-29-15-22(23)33-25-31-14-19-9-10-21(34-36(19)25)24-20(28)6-5-12-30-24/h5-6,9-15,17-18H,7-8,16H2,1-4H3,(H,31,33)(H,32,37)/t17-,18+/m0/s1. The van der Waals surface area contributed by atoms with Crippen LogP contribution in [0.5, 0.6) is 0 Å². The first-order valence-corrected chi connectivity index (χ1v) is 12.6. The van der Waals surface area contributed by atoms with Crippen molar-refractivity contribution in [3.05, 3.63) is 60.9 Å². The van der Waals surface area contributed by atoms with E-state index in [1.54, 1.807) is 35.2 Å². The highest BCUT2D eigenvalue weighted by molar-refractivity contribution is 5.74. The lowest BCUT2D eigenvalue weighted by Crippen LogP contribution is -2.52. The number of fused-ring (bicyclic) bond motifs is 1. The molecule has 0 radical (unpaired) electrons. The van der Waals surface area contributed by atoms with Gasteiger partial charge in [0.05, 0.1) is 29.3 Å². The van der Waals surface area contributed by atoms with E-state index in [0.29, 0.717) is 18.2 Å². The maximum absolute atomic E-state index is 14.3. The number of rotatable bonds is 5. The number of nitrogens with zero attached hydrogens (tertiary/aromatic N) is 6. The lowest BCUT2D eigenvalue weighted by atomic mass is 9.98. The first-order valence-electron chi connectivity index (χ1n) is 12.6. The summed E-state index contributed by atoms with van der Waals surface area (Å²) in [6.45, 7) is 8.32. The van der Waals surface area contributed by atoms with Gasteiger partial charge in [0.15, 0.2) is 5.82 Å². The molecule has 0 unspecified atom stereocenters. The second-order valence-corrected chi connectivity index (χ2v) is 10.4. The van der Waals surface area contributed by atoms with Crippen LogP contribution in [0.4, 0.5) is 26.5 Å². The van der Waals surface area contributed by atoms with E-state index in [-0.39, 0.29) is 17.8 Å². The average molecular weight is 519 g/mol. The third-order valence-electron chi connectivity index (χ3n) is 6.34. The van der Waals surface area contributed by atoms with Crippen molar-refractivity contribution >= 4 is 28.9 Å². The molecule has 0 saturated carbocycles. The van der Waals surface area contributed by atoms with E-state index in [0.717, 1.165) is 29.7 Å². The lowest BCUT2D eigenvalue weighted by Gasteiger charge is -2.40. The van der Waals surface area contributed by atoms with E-state index < -0.39 is 17.5 Å². The number of alkyl carbamates (subject to hydrolysis) is 1. The number of halogens is 1. The smallest absolute Gasteiger partial charge is 0.407 e. The van der Waals surface area contributed by atoms with E-state index in [1.165, 1.54) is 12.3 Å². The average Bonchev–Trinajstić information content (AvgIpc) is 3.27. The van der Waals surface area contributed by atoms with Crippen molar-refractivity contribution in [1.29, 1.82) is 0 Å². The number of piperidine rings is 1. The summed E-state index contributed by atoms with van der Waals surface area (Å²) < 4.78 is 21.4. The summed E-state index contributed by atoms with van der Waals surface area (Å²) in [5.41, 5.74) is 2.40. The molecule has 11 heteroatoms. The molecule has 0 aliphatic carbocycles. The Morgan fingerprint density at radius 1 is 1.11 bits per heavy atom. The molecule has 2 atom stereocenters. The van der Waals surface area contributed by atoms with Crippen molar-refractivity contribution in [3.63, 3.8) is 0 Å². The zero-order chi connectivity index (χ0) is 26.9. The fourth-order valence-corrected chi connectivity index (χ4v) is 4.56. The number of aromatic nitrogens is 5. The Morgan fingerprint density at radius 3 is 2.74 bits per heavy atom. The molecule has 1 amide bonds. The van der Waals surface area contributed by atoms with E-state index >= 15 is 0 Å². The van der Waals surface area contributed by atoms with Crippen LogP contribution in [-0.2, 0) is 4.74 Å². The van der Waals surface area contributed by atoms with E-state index in [4.69, 9.17) is 4.74 Å². The molecular formula is C27H31FN8O2. The molecule has 1 saturated heterocycles. The van der Waals surface area contributed by atoms with E-state index in [9.17, 15) is 9.18 Å². The van der Waals surface area contributed by atoms with Crippen molar-refractivity contribution in [1.82, 2.24) is 29.9 Å². The zero-order valence-electron chi connectivity index (χ0n) is 21.8. The maximum Gasteiger partial charge on any atom is 0.407 e. The second kappa shape index (κ2) is 10.2. The molecule has 0 bridgehead atoms. The Balaban J connectivity index is 1.40. The van der Waals surface area contributed by atoms with Crippen LogP contribution in [0.15, 0.2) is 55.1 Å². The number of amides is 1. The molecule has 0 aromatic carbocycles. The normalized spacial score (nSPS) is 17.9. The van der Waals surface area contributed by atoms with Crippen molar-refractivity contribution in [2.75, 3.05) is 16.8 Å². The van der Waals surface area contributed by atoms with Crippen molar-refractivity contribution in [3.8, 4) is 11.4 Å². The van der Waals surface area contributed by atoms with Crippen LogP contribution < -0.4 is 15.5 Å². The first kappa shape index (κ1) is 25.4. The molecule has 1 aliphatic rings. The number of anilines is 3. The third kappa shape index (κ3) is 5.51. The zero-order valence-corrected chi connectivity index (χ0v) is 21.8. The van der Waals surface area contributed by atoms with Crippen LogP contribution in [0, 0.1) is 5.82 Å². The SMILES string of the molecule is C[C@H]1CC[C@@H](NC(=O)OC(C)(C)C)CN1c1ccncc1Nc1ncc2ccc(-c3ncccc3F)nn12. The number of nitrogens with one attached hydrogen (secondary N) is 2. The van der Waals surface area contributed by atoms with Gasteiger partial charge >= 0.3 is 6.09 Å². The predicted octanol–water partition coefficient (Wildman–Crippen LogP) is 4.95. The largest absolute Gasteiger partial charge is 0.444 e. The summed E-state index contributed by atoms with van der Waals surface area (Å²) in [5.74, 6) is 0.0117. The highest BCUT2D eigenvalue weighted by Crippen LogP contribution is 2.33. The molecule has 1 aliphatic heterocycles. The van der Waals surface area contributed by atoms with Gasteiger partial charge in [-0.3, -0.25) is 9.97 Å². The number of hydrogen-bond donors (Lipinski definition) is 2. The molecule has 10 nitrogen and oxygen atoms in total. The molecule has 4 aromatic rings. The fraction of sp³-hybridized carbons (Fsp3) is 0.370. The molecular weight excluding hydrogens is 487 g/mol. The Morgan fingerprint density at radius 2 is 1.95 bits per heavy atom. The molecule has 2 N–H and O–H groups in total. The number of hydrogen-bond acceptors (Lipinski definition) is 8. The summed E-state index contributed by atoms with van der Waals surface area (Å²) in [7, 11) is 0. The fourth-order valence-electron chi connectivity index (χ4n) is 4.56. The quantitative estimate of drug-likeness (QED) is 0.382. The summed E-state index contributed by atoms with van der Waals surface area (Å²) in [6.07, 6.45) is 8.03. The lowest BCUT2D eigenvalue weighted by molar-refractivity contribution is 0.0498. The van der Waals surface area contributed by atoms with Gasteiger partial charge in [-0.05, 0) is 70.9 Å². The van der Waals surface area contributed by atoms with Gasteiger partial charge in [-0.15, -0.1) is 0 Å². The van der Waals surface area contributed by atoms with Gasteiger partial charge in [0, 0.05) is 31.0 Å². The summed E-state index contributed by atoms with van der Waals surface area (Å²) in [6, 6.07) is 8.55. The van der Waals surface area contributed by atoms with Crippen LogP contribution in [0.2, 0.25) is 0 Å². The van der Waals surface area contributed by atoms with Crippen LogP contribution >= 0.6 is 0 Å². The summed E-state index contributed by atoms with van der Waals surface area (Å²) >= 11 is 0. The first-order chi connectivity index (χ1) is 18.2. The second-order valence-electron chi connectivity index (χ2n) is 10.4. The minimum atomic E-state index is -0.558. The highest BCUT2D eigenvalue weighted by Gasteiger charge is 2.29. The Kier molecular flexibility index (Phi) is 6.83. The van der Waals surface area contributed by atoms with Crippen LogP contribution in [0.3, 0.4) is 0 Å². The van der Waals surface area contributed by atoms with Crippen LogP contribution in [0.25, 0.3) is 16.9 Å². The van der Waals surface area contributed by atoms with Gasteiger partial charge in [0.2, 0.25) is 5.95 Å². The Labute approximate surface area is 220 Å². The van der Waals surface area contributed by atoms with Crippen molar-refractivity contribution < 1.29 is 13.9 Å². The molecule has 5 rings (SSSR count). The molecule has 1 fully saturated rings. The molecule has 0 spiro atoms. The van der Waals surface area contributed by atoms with Gasteiger partial charge in [-0.1, -0.05) is 0 Å². The molecule has 198 valence electrons.